The lowest BCUT2D eigenvalue weighted by Gasteiger charge is -2.21. The van der Waals surface area contributed by atoms with E-state index in [1.807, 2.05) is 12.1 Å². The van der Waals surface area contributed by atoms with E-state index in [4.69, 9.17) is 5.73 Å². The Hall–Kier alpha value is -1.66. The third-order valence-corrected chi connectivity index (χ3v) is 4.83. The molecule has 0 fully saturated rings. The predicted molar refractivity (Wildman–Crippen MR) is 103 cm³/mol. The Balaban J connectivity index is 2.39. The topological polar surface area (TPSA) is 72.2 Å². The first kappa shape index (κ1) is 18.7. The minimum atomic E-state index is -0.637. The van der Waals surface area contributed by atoms with Gasteiger partial charge < -0.3 is 11.1 Å². The van der Waals surface area contributed by atoms with Gasteiger partial charge in [-0.15, -0.1) is 0 Å². The van der Waals surface area contributed by atoms with Crippen molar-refractivity contribution in [2.45, 2.75) is 26.2 Å². The quantitative estimate of drug-likeness (QED) is 0.696. The van der Waals surface area contributed by atoms with Crippen molar-refractivity contribution in [1.29, 1.82) is 0 Å². The maximum Gasteiger partial charge on any atom is 0.256 e. The number of amides is 2. The highest BCUT2D eigenvalue weighted by Gasteiger charge is 2.20. The van der Waals surface area contributed by atoms with Gasteiger partial charge in [0.2, 0.25) is 5.91 Å². The molecule has 126 valence electrons. The van der Waals surface area contributed by atoms with Crippen LogP contribution in [0.25, 0.3) is 0 Å². The molecule has 0 bridgehead atoms. The van der Waals surface area contributed by atoms with Crippen LogP contribution in [0.15, 0.2) is 45.3 Å². The molecule has 2 amide bonds. The maximum absolute atomic E-state index is 12.6. The number of primary amides is 1. The lowest BCUT2D eigenvalue weighted by atomic mass is 9.87. The standard InChI is InChI=1S/C18H18Br2N2O2/c1-18(2,3)10-8-13(19)15(14(20)9-10)22-17(24)12-7-5-4-6-11(12)16(21)23/h4-9H,1-3H3,(H2,21,23)(H,22,24). The molecule has 0 heterocycles. The Morgan fingerprint density at radius 1 is 1.00 bits per heavy atom. The molecule has 0 atom stereocenters. The lowest BCUT2D eigenvalue weighted by Crippen LogP contribution is -2.20. The van der Waals surface area contributed by atoms with E-state index < -0.39 is 11.8 Å². The highest BCUT2D eigenvalue weighted by Crippen LogP contribution is 2.36. The first-order valence-electron chi connectivity index (χ1n) is 7.31. The van der Waals surface area contributed by atoms with E-state index in [2.05, 4.69) is 57.9 Å². The van der Waals surface area contributed by atoms with Crippen LogP contribution in [0.5, 0.6) is 0 Å². The summed E-state index contributed by atoms with van der Waals surface area (Å²) in [6.45, 7) is 6.34. The van der Waals surface area contributed by atoms with Gasteiger partial charge in [0, 0.05) is 8.95 Å². The van der Waals surface area contributed by atoms with Crippen molar-refractivity contribution in [2.24, 2.45) is 5.73 Å². The fourth-order valence-electron chi connectivity index (χ4n) is 2.20. The second-order valence-electron chi connectivity index (χ2n) is 6.43. The summed E-state index contributed by atoms with van der Waals surface area (Å²) < 4.78 is 1.51. The molecule has 4 nitrogen and oxygen atoms in total. The molecule has 2 rings (SSSR count). The zero-order valence-electron chi connectivity index (χ0n) is 13.6. The van der Waals surface area contributed by atoms with Gasteiger partial charge in [0.1, 0.15) is 0 Å². The van der Waals surface area contributed by atoms with Crippen LogP contribution >= 0.6 is 31.9 Å². The summed E-state index contributed by atoms with van der Waals surface area (Å²) in [5.41, 5.74) is 7.47. The van der Waals surface area contributed by atoms with E-state index in [9.17, 15) is 9.59 Å². The number of anilines is 1. The van der Waals surface area contributed by atoms with E-state index in [1.54, 1.807) is 18.2 Å². The average molecular weight is 454 g/mol. The van der Waals surface area contributed by atoms with Crippen LogP contribution in [0.2, 0.25) is 0 Å². The Kier molecular flexibility index (Phi) is 5.50. The van der Waals surface area contributed by atoms with Crippen molar-refractivity contribution >= 4 is 49.4 Å². The number of benzene rings is 2. The molecule has 0 aliphatic rings. The van der Waals surface area contributed by atoms with Crippen LogP contribution in [-0.2, 0) is 5.41 Å². The van der Waals surface area contributed by atoms with Gasteiger partial charge in [0.25, 0.3) is 5.91 Å². The highest BCUT2D eigenvalue weighted by molar-refractivity contribution is 9.11. The first-order valence-corrected chi connectivity index (χ1v) is 8.89. The van der Waals surface area contributed by atoms with Crippen LogP contribution in [-0.4, -0.2) is 11.8 Å². The van der Waals surface area contributed by atoms with Crippen LogP contribution in [0.1, 0.15) is 47.1 Å². The molecule has 0 radical (unpaired) electrons. The second-order valence-corrected chi connectivity index (χ2v) is 8.14. The van der Waals surface area contributed by atoms with Gasteiger partial charge in [-0.3, -0.25) is 9.59 Å². The number of nitrogens with two attached hydrogens (primary N) is 1. The molecule has 0 aromatic heterocycles. The van der Waals surface area contributed by atoms with Gasteiger partial charge in [0.05, 0.1) is 16.8 Å². The number of carbonyl (C=O) groups is 2. The van der Waals surface area contributed by atoms with Crippen LogP contribution in [0, 0.1) is 0 Å². The van der Waals surface area contributed by atoms with E-state index in [0.717, 1.165) is 14.5 Å². The van der Waals surface area contributed by atoms with E-state index in [0.29, 0.717) is 5.69 Å². The third kappa shape index (κ3) is 4.05. The Labute approximate surface area is 158 Å². The number of nitrogens with one attached hydrogen (secondary N) is 1. The first-order chi connectivity index (χ1) is 11.1. The Morgan fingerprint density at radius 3 is 1.96 bits per heavy atom. The van der Waals surface area contributed by atoms with Crippen molar-refractivity contribution < 1.29 is 9.59 Å². The molecule has 2 aromatic rings. The number of rotatable bonds is 3. The van der Waals surface area contributed by atoms with Gasteiger partial charge >= 0.3 is 0 Å². The molecule has 0 saturated heterocycles. The molecule has 3 N–H and O–H groups in total. The van der Waals surface area contributed by atoms with Crippen LogP contribution in [0.3, 0.4) is 0 Å². The average Bonchev–Trinajstić information content (AvgIpc) is 2.49. The fourth-order valence-corrected chi connectivity index (χ4v) is 3.59. The van der Waals surface area contributed by atoms with Crippen molar-refractivity contribution in [3.63, 3.8) is 0 Å². The van der Waals surface area contributed by atoms with Crippen molar-refractivity contribution in [2.75, 3.05) is 5.32 Å². The fraction of sp³-hybridized carbons (Fsp3) is 0.222. The van der Waals surface area contributed by atoms with Crippen molar-refractivity contribution in [3.8, 4) is 0 Å². The van der Waals surface area contributed by atoms with Crippen molar-refractivity contribution in [3.05, 3.63) is 62.0 Å². The zero-order valence-corrected chi connectivity index (χ0v) is 16.8. The normalized spacial score (nSPS) is 11.2. The van der Waals surface area contributed by atoms with Gasteiger partial charge in [-0.25, -0.2) is 0 Å². The van der Waals surface area contributed by atoms with E-state index >= 15 is 0 Å². The molecular weight excluding hydrogens is 436 g/mol. The van der Waals surface area contributed by atoms with E-state index in [-0.39, 0.29) is 16.5 Å². The monoisotopic (exact) mass is 452 g/mol. The summed E-state index contributed by atoms with van der Waals surface area (Å²) in [4.78, 5) is 24.1. The van der Waals surface area contributed by atoms with Gasteiger partial charge in [-0.05, 0) is 67.1 Å². The largest absolute Gasteiger partial charge is 0.366 e. The highest BCUT2D eigenvalue weighted by atomic mass is 79.9. The SMILES string of the molecule is CC(C)(C)c1cc(Br)c(NC(=O)c2ccccc2C(N)=O)c(Br)c1. The summed E-state index contributed by atoms with van der Waals surface area (Å²) in [6.07, 6.45) is 0. The summed E-state index contributed by atoms with van der Waals surface area (Å²) >= 11 is 7.01. The number of hydrogen-bond acceptors (Lipinski definition) is 2. The minimum Gasteiger partial charge on any atom is -0.366 e. The predicted octanol–water partition coefficient (Wildman–Crippen LogP) is 4.86. The second kappa shape index (κ2) is 7.07. The molecule has 0 spiro atoms. The minimum absolute atomic E-state index is 0.0217. The third-order valence-electron chi connectivity index (χ3n) is 3.58. The van der Waals surface area contributed by atoms with Gasteiger partial charge in [-0.1, -0.05) is 32.9 Å². The maximum atomic E-state index is 12.6. The van der Waals surface area contributed by atoms with Crippen LogP contribution in [0.4, 0.5) is 5.69 Å². The smallest absolute Gasteiger partial charge is 0.256 e. The number of hydrogen-bond donors (Lipinski definition) is 2. The molecule has 0 unspecified atom stereocenters. The molecule has 24 heavy (non-hydrogen) atoms. The van der Waals surface area contributed by atoms with Gasteiger partial charge in [0.15, 0.2) is 0 Å². The zero-order chi connectivity index (χ0) is 18.1. The lowest BCUT2D eigenvalue weighted by molar-refractivity contribution is 0.0977. The summed E-state index contributed by atoms with van der Waals surface area (Å²) in [5, 5.41) is 2.83. The van der Waals surface area contributed by atoms with Crippen LogP contribution < -0.4 is 11.1 Å². The van der Waals surface area contributed by atoms with Gasteiger partial charge in [-0.2, -0.15) is 0 Å². The molecular formula is C18H18Br2N2O2. The number of carbonyl (C=O) groups excluding carboxylic acids is 2. The Morgan fingerprint density at radius 2 is 1.50 bits per heavy atom. The molecule has 0 saturated carbocycles. The molecule has 0 aliphatic carbocycles. The summed E-state index contributed by atoms with van der Waals surface area (Å²) in [5.74, 6) is -1.03. The molecule has 6 heteroatoms. The number of halogens is 2. The Bertz CT molecular complexity index is 788. The van der Waals surface area contributed by atoms with E-state index in [1.165, 1.54) is 6.07 Å². The summed E-state index contributed by atoms with van der Waals surface area (Å²) in [7, 11) is 0. The molecule has 0 aliphatic heterocycles. The van der Waals surface area contributed by atoms with Crippen molar-refractivity contribution in [1.82, 2.24) is 0 Å². The molecule has 2 aromatic carbocycles. The summed E-state index contributed by atoms with van der Waals surface area (Å²) in [6, 6.07) is 10.4.